The molecule has 2 aromatic rings. The third-order valence-corrected chi connectivity index (χ3v) is 5.77. The van der Waals surface area contributed by atoms with Gasteiger partial charge in [0.1, 0.15) is 6.04 Å². The third-order valence-electron chi connectivity index (χ3n) is 5.18. The highest BCUT2D eigenvalue weighted by molar-refractivity contribution is 6.35. The molecule has 2 atom stereocenters. The molecule has 0 spiro atoms. The summed E-state index contributed by atoms with van der Waals surface area (Å²) in [5, 5.41) is 3.99. The molecule has 4 nitrogen and oxygen atoms in total. The molecule has 0 aliphatic rings. The van der Waals surface area contributed by atoms with E-state index in [0.717, 1.165) is 17.5 Å². The minimum Gasteiger partial charge on any atom is -0.352 e. The number of halogens is 2. The van der Waals surface area contributed by atoms with Gasteiger partial charge in [-0.3, -0.25) is 9.59 Å². The van der Waals surface area contributed by atoms with Crippen LogP contribution in [0.15, 0.2) is 42.5 Å². The van der Waals surface area contributed by atoms with Gasteiger partial charge in [-0.1, -0.05) is 72.9 Å². The largest absolute Gasteiger partial charge is 0.352 e. The van der Waals surface area contributed by atoms with Crippen LogP contribution < -0.4 is 5.32 Å². The van der Waals surface area contributed by atoms with E-state index in [9.17, 15) is 9.59 Å². The van der Waals surface area contributed by atoms with Crippen LogP contribution in [0.5, 0.6) is 0 Å². The second-order valence-electron chi connectivity index (χ2n) is 7.67. The summed E-state index contributed by atoms with van der Waals surface area (Å²) in [7, 11) is 0. The van der Waals surface area contributed by atoms with Crippen molar-refractivity contribution in [3.63, 3.8) is 0 Å². The monoisotopic (exact) mass is 448 g/mol. The molecule has 1 N–H and O–H groups in total. The van der Waals surface area contributed by atoms with Crippen LogP contribution >= 0.6 is 23.2 Å². The lowest BCUT2D eigenvalue weighted by Gasteiger charge is -2.31. The number of nitrogens with one attached hydrogen (secondary N) is 1. The molecular weight excluding hydrogens is 419 g/mol. The Labute approximate surface area is 189 Å². The maximum Gasteiger partial charge on any atom is 0.243 e. The molecule has 0 fully saturated rings. The third kappa shape index (κ3) is 6.75. The number of hydrogen-bond donors (Lipinski definition) is 1. The number of nitrogens with zero attached hydrogens (tertiary/aromatic N) is 1. The Kier molecular flexibility index (Phi) is 9.19. The molecule has 30 heavy (non-hydrogen) atoms. The standard InChI is InChI=1S/C24H30Cl2N2O2/c1-5-17(4)27-24(30)22(6-2)28(15-18-9-7-8-16(3)12-18)23(29)13-19-10-11-20(25)14-21(19)26/h7-12,14,17,22H,5-6,13,15H2,1-4H3,(H,27,30)/t17-,22-/m1/s1. The first-order valence-electron chi connectivity index (χ1n) is 10.3. The van der Waals surface area contributed by atoms with Crippen molar-refractivity contribution in [2.45, 2.75) is 65.6 Å². The van der Waals surface area contributed by atoms with Gasteiger partial charge in [-0.25, -0.2) is 0 Å². The molecule has 0 radical (unpaired) electrons. The summed E-state index contributed by atoms with van der Waals surface area (Å²) in [6, 6.07) is 12.6. The van der Waals surface area contributed by atoms with Gasteiger partial charge in [0, 0.05) is 22.6 Å². The zero-order valence-corrected chi connectivity index (χ0v) is 19.6. The van der Waals surface area contributed by atoms with Gasteiger partial charge in [0.25, 0.3) is 0 Å². The number of benzene rings is 2. The van der Waals surface area contributed by atoms with E-state index in [2.05, 4.69) is 5.32 Å². The van der Waals surface area contributed by atoms with E-state index in [-0.39, 0.29) is 24.3 Å². The first-order valence-corrected chi connectivity index (χ1v) is 11.1. The summed E-state index contributed by atoms with van der Waals surface area (Å²) in [5.41, 5.74) is 2.79. The fourth-order valence-electron chi connectivity index (χ4n) is 3.30. The molecule has 0 unspecified atom stereocenters. The average molecular weight is 449 g/mol. The van der Waals surface area contributed by atoms with E-state index in [1.807, 2.05) is 52.0 Å². The van der Waals surface area contributed by atoms with Gasteiger partial charge in [0.2, 0.25) is 11.8 Å². The normalized spacial score (nSPS) is 12.9. The Bertz CT molecular complexity index is 885. The Morgan fingerprint density at radius 3 is 2.40 bits per heavy atom. The minimum atomic E-state index is -0.557. The summed E-state index contributed by atoms with van der Waals surface area (Å²) >= 11 is 12.3. The highest BCUT2D eigenvalue weighted by Gasteiger charge is 2.29. The Morgan fingerprint density at radius 2 is 1.80 bits per heavy atom. The van der Waals surface area contributed by atoms with Crippen LogP contribution in [0.25, 0.3) is 0 Å². The Hall–Kier alpha value is -2.04. The summed E-state index contributed by atoms with van der Waals surface area (Å²) in [6.45, 7) is 8.27. The average Bonchev–Trinajstić information content (AvgIpc) is 2.69. The molecule has 0 aliphatic carbocycles. The first-order chi connectivity index (χ1) is 14.2. The van der Waals surface area contributed by atoms with E-state index in [1.54, 1.807) is 23.1 Å². The van der Waals surface area contributed by atoms with Crippen molar-refractivity contribution in [1.82, 2.24) is 10.2 Å². The maximum atomic E-state index is 13.4. The van der Waals surface area contributed by atoms with Gasteiger partial charge >= 0.3 is 0 Å². The predicted molar refractivity (Wildman–Crippen MR) is 124 cm³/mol. The van der Waals surface area contributed by atoms with Gasteiger partial charge in [0.05, 0.1) is 6.42 Å². The van der Waals surface area contributed by atoms with Crippen LogP contribution in [0.2, 0.25) is 10.0 Å². The SMILES string of the molecule is CC[C@@H](C)NC(=O)[C@@H](CC)N(Cc1cccc(C)c1)C(=O)Cc1ccc(Cl)cc1Cl. The molecule has 2 aromatic carbocycles. The Morgan fingerprint density at radius 1 is 1.07 bits per heavy atom. The van der Waals surface area contributed by atoms with Crippen molar-refractivity contribution in [1.29, 1.82) is 0 Å². The van der Waals surface area contributed by atoms with Gasteiger partial charge in [-0.2, -0.15) is 0 Å². The number of rotatable bonds is 9. The second-order valence-corrected chi connectivity index (χ2v) is 8.51. The summed E-state index contributed by atoms with van der Waals surface area (Å²) in [5.74, 6) is -0.276. The van der Waals surface area contributed by atoms with E-state index in [4.69, 9.17) is 23.2 Å². The van der Waals surface area contributed by atoms with Gasteiger partial charge in [0.15, 0.2) is 0 Å². The van der Waals surface area contributed by atoms with Crippen molar-refractivity contribution >= 4 is 35.0 Å². The van der Waals surface area contributed by atoms with Crippen LogP contribution in [-0.2, 0) is 22.6 Å². The Balaban J connectivity index is 2.32. The molecule has 0 saturated carbocycles. The van der Waals surface area contributed by atoms with E-state index in [1.165, 1.54) is 0 Å². The number of amides is 2. The fourth-order valence-corrected chi connectivity index (χ4v) is 3.77. The van der Waals surface area contributed by atoms with Gasteiger partial charge < -0.3 is 10.2 Å². The van der Waals surface area contributed by atoms with Crippen molar-refractivity contribution in [2.75, 3.05) is 0 Å². The lowest BCUT2D eigenvalue weighted by molar-refractivity contribution is -0.141. The number of carbonyl (C=O) groups excluding carboxylic acids is 2. The molecule has 0 heterocycles. The van der Waals surface area contributed by atoms with Crippen LogP contribution in [0.3, 0.4) is 0 Å². The quantitative estimate of drug-likeness (QED) is 0.545. The zero-order valence-electron chi connectivity index (χ0n) is 18.0. The van der Waals surface area contributed by atoms with Gasteiger partial charge in [-0.15, -0.1) is 0 Å². The van der Waals surface area contributed by atoms with Crippen molar-refractivity contribution in [2.24, 2.45) is 0 Å². The van der Waals surface area contributed by atoms with Crippen LogP contribution in [0, 0.1) is 6.92 Å². The molecule has 2 amide bonds. The number of aryl methyl sites for hydroxylation is 1. The molecule has 6 heteroatoms. The molecular formula is C24H30Cl2N2O2. The lowest BCUT2D eigenvalue weighted by atomic mass is 10.1. The summed E-state index contributed by atoms with van der Waals surface area (Å²) in [6.07, 6.45) is 1.46. The van der Waals surface area contributed by atoms with Crippen LogP contribution in [0.1, 0.15) is 50.3 Å². The number of hydrogen-bond acceptors (Lipinski definition) is 2. The van der Waals surface area contributed by atoms with Crippen LogP contribution in [-0.4, -0.2) is 28.8 Å². The van der Waals surface area contributed by atoms with E-state index >= 15 is 0 Å². The van der Waals surface area contributed by atoms with Crippen molar-refractivity contribution in [3.8, 4) is 0 Å². The van der Waals surface area contributed by atoms with E-state index in [0.29, 0.717) is 28.6 Å². The molecule has 0 saturated heterocycles. The molecule has 0 aromatic heterocycles. The second kappa shape index (κ2) is 11.4. The zero-order chi connectivity index (χ0) is 22.3. The predicted octanol–water partition coefficient (Wildman–Crippen LogP) is 5.57. The molecule has 162 valence electrons. The first kappa shape index (κ1) is 24.2. The minimum absolute atomic E-state index is 0.0492. The highest BCUT2D eigenvalue weighted by atomic mass is 35.5. The topological polar surface area (TPSA) is 49.4 Å². The van der Waals surface area contributed by atoms with Crippen molar-refractivity contribution in [3.05, 3.63) is 69.2 Å². The van der Waals surface area contributed by atoms with Crippen LogP contribution in [0.4, 0.5) is 0 Å². The molecule has 0 bridgehead atoms. The molecule has 2 rings (SSSR count). The smallest absolute Gasteiger partial charge is 0.243 e. The van der Waals surface area contributed by atoms with Crippen molar-refractivity contribution < 1.29 is 9.59 Å². The fraction of sp³-hybridized carbons (Fsp3) is 0.417. The lowest BCUT2D eigenvalue weighted by Crippen LogP contribution is -2.51. The maximum absolute atomic E-state index is 13.4. The summed E-state index contributed by atoms with van der Waals surface area (Å²) < 4.78 is 0. The van der Waals surface area contributed by atoms with E-state index < -0.39 is 6.04 Å². The highest BCUT2D eigenvalue weighted by Crippen LogP contribution is 2.23. The summed E-state index contributed by atoms with van der Waals surface area (Å²) in [4.78, 5) is 28.0. The van der Waals surface area contributed by atoms with Gasteiger partial charge in [-0.05, 0) is 49.9 Å². The molecule has 0 aliphatic heterocycles. The number of carbonyl (C=O) groups is 2.